The minimum absolute atomic E-state index is 0.0816. The van der Waals surface area contributed by atoms with Crippen LogP contribution in [0, 0.1) is 0 Å². The predicted octanol–water partition coefficient (Wildman–Crippen LogP) is 3.10. The minimum atomic E-state index is -0.723. The van der Waals surface area contributed by atoms with Gasteiger partial charge in [-0.05, 0) is 43.6 Å². The molecular formula is C14H18BrNO2. The summed E-state index contributed by atoms with van der Waals surface area (Å²) in [6.45, 7) is 3.05. The van der Waals surface area contributed by atoms with E-state index in [0.717, 1.165) is 29.7 Å². The van der Waals surface area contributed by atoms with Crippen LogP contribution in [0.2, 0.25) is 0 Å². The van der Waals surface area contributed by atoms with Gasteiger partial charge in [0.05, 0.1) is 6.42 Å². The topological polar surface area (TPSA) is 40.5 Å². The van der Waals surface area contributed by atoms with Gasteiger partial charge >= 0.3 is 5.97 Å². The van der Waals surface area contributed by atoms with Crippen LogP contribution in [0.3, 0.4) is 0 Å². The molecule has 2 rings (SSSR count). The monoisotopic (exact) mass is 311 g/mol. The third kappa shape index (κ3) is 3.82. The van der Waals surface area contributed by atoms with Crippen molar-refractivity contribution in [3.63, 3.8) is 0 Å². The predicted molar refractivity (Wildman–Crippen MR) is 74.8 cm³/mol. The molecule has 1 aliphatic rings. The van der Waals surface area contributed by atoms with Crippen LogP contribution in [0.4, 0.5) is 0 Å². The highest BCUT2D eigenvalue weighted by atomic mass is 79.9. The second kappa shape index (κ2) is 6.34. The standard InChI is InChI=1S/C14H18BrNO2/c15-13-5-3-4-11(8-13)12(9-14(17)18)10-16-6-1-2-7-16/h3-5,8,12H,1-2,6-7,9-10H2,(H,17,18). The molecule has 0 aliphatic carbocycles. The van der Waals surface area contributed by atoms with Gasteiger partial charge in [0.1, 0.15) is 0 Å². The van der Waals surface area contributed by atoms with Crippen molar-refractivity contribution in [1.29, 1.82) is 0 Å². The number of aliphatic carboxylic acids is 1. The maximum absolute atomic E-state index is 11.0. The van der Waals surface area contributed by atoms with Crippen LogP contribution in [0.15, 0.2) is 28.7 Å². The Bertz CT molecular complexity index is 416. The third-order valence-electron chi connectivity index (χ3n) is 3.42. The van der Waals surface area contributed by atoms with E-state index in [0.29, 0.717) is 0 Å². The van der Waals surface area contributed by atoms with E-state index in [1.807, 2.05) is 24.3 Å². The van der Waals surface area contributed by atoms with Crippen molar-refractivity contribution < 1.29 is 9.90 Å². The average molecular weight is 312 g/mol. The first-order valence-corrected chi connectivity index (χ1v) is 7.14. The fourth-order valence-corrected chi connectivity index (χ4v) is 2.95. The van der Waals surface area contributed by atoms with Crippen molar-refractivity contribution in [3.8, 4) is 0 Å². The summed E-state index contributed by atoms with van der Waals surface area (Å²) in [7, 11) is 0. The molecule has 1 atom stereocenters. The summed E-state index contributed by atoms with van der Waals surface area (Å²) in [4.78, 5) is 13.4. The smallest absolute Gasteiger partial charge is 0.304 e. The maximum atomic E-state index is 11.0. The summed E-state index contributed by atoms with van der Waals surface area (Å²) in [5.41, 5.74) is 1.11. The van der Waals surface area contributed by atoms with E-state index in [9.17, 15) is 4.79 Å². The molecule has 1 aromatic rings. The van der Waals surface area contributed by atoms with E-state index < -0.39 is 5.97 Å². The quantitative estimate of drug-likeness (QED) is 0.908. The Balaban J connectivity index is 2.10. The number of likely N-dealkylation sites (tertiary alicyclic amines) is 1. The molecule has 1 fully saturated rings. The van der Waals surface area contributed by atoms with Crippen LogP contribution in [-0.2, 0) is 4.79 Å². The Kier molecular flexibility index (Phi) is 4.78. The van der Waals surface area contributed by atoms with Gasteiger partial charge in [0.15, 0.2) is 0 Å². The molecule has 0 spiro atoms. The fourth-order valence-electron chi connectivity index (χ4n) is 2.54. The molecule has 0 radical (unpaired) electrons. The van der Waals surface area contributed by atoms with E-state index in [4.69, 9.17) is 5.11 Å². The number of rotatable bonds is 5. The average Bonchev–Trinajstić information content (AvgIpc) is 2.80. The van der Waals surface area contributed by atoms with Crippen molar-refractivity contribution in [2.24, 2.45) is 0 Å². The number of hydrogen-bond donors (Lipinski definition) is 1. The zero-order chi connectivity index (χ0) is 13.0. The molecule has 98 valence electrons. The van der Waals surface area contributed by atoms with Crippen molar-refractivity contribution in [1.82, 2.24) is 4.90 Å². The molecule has 3 nitrogen and oxygen atoms in total. The first-order chi connectivity index (χ1) is 8.65. The Morgan fingerprint density at radius 2 is 2.11 bits per heavy atom. The van der Waals surface area contributed by atoms with Gasteiger partial charge in [-0.25, -0.2) is 0 Å². The van der Waals surface area contributed by atoms with Crippen LogP contribution >= 0.6 is 15.9 Å². The van der Waals surface area contributed by atoms with Gasteiger partial charge in [-0.15, -0.1) is 0 Å². The lowest BCUT2D eigenvalue weighted by atomic mass is 9.95. The van der Waals surface area contributed by atoms with Gasteiger partial charge in [-0.3, -0.25) is 4.79 Å². The van der Waals surface area contributed by atoms with Gasteiger partial charge < -0.3 is 10.0 Å². The van der Waals surface area contributed by atoms with E-state index in [2.05, 4.69) is 20.8 Å². The highest BCUT2D eigenvalue weighted by molar-refractivity contribution is 9.10. The molecule has 0 amide bonds. The van der Waals surface area contributed by atoms with Crippen LogP contribution < -0.4 is 0 Å². The summed E-state index contributed by atoms with van der Waals surface area (Å²) in [5, 5.41) is 9.06. The van der Waals surface area contributed by atoms with Crippen LogP contribution in [0.25, 0.3) is 0 Å². The lowest BCUT2D eigenvalue weighted by molar-refractivity contribution is -0.137. The Morgan fingerprint density at radius 3 is 2.72 bits per heavy atom. The molecule has 1 saturated heterocycles. The molecule has 1 N–H and O–H groups in total. The lowest BCUT2D eigenvalue weighted by Crippen LogP contribution is -2.27. The first kappa shape index (κ1) is 13.6. The van der Waals surface area contributed by atoms with Crippen LogP contribution in [0.5, 0.6) is 0 Å². The van der Waals surface area contributed by atoms with E-state index >= 15 is 0 Å². The largest absolute Gasteiger partial charge is 0.481 e. The molecule has 0 saturated carbocycles. The molecule has 1 heterocycles. The van der Waals surface area contributed by atoms with Crippen molar-refractivity contribution >= 4 is 21.9 Å². The summed E-state index contributed by atoms with van der Waals surface area (Å²) in [6, 6.07) is 7.99. The molecule has 1 aliphatic heterocycles. The number of halogens is 1. The maximum Gasteiger partial charge on any atom is 0.304 e. The van der Waals surface area contributed by atoms with Crippen molar-refractivity contribution in [2.75, 3.05) is 19.6 Å². The molecular weight excluding hydrogens is 294 g/mol. The van der Waals surface area contributed by atoms with Crippen molar-refractivity contribution in [3.05, 3.63) is 34.3 Å². The zero-order valence-electron chi connectivity index (χ0n) is 10.3. The minimum Gasteiger partial charge on any atom is -0.481 e. The number of benzene rings is 1. The molecule has 0 bridgehead atoms. The number of carboxylic acid groups (broad SMARTS) is 1. The Hall–Kier alpha value is -0.870. The number of carboxylic acids is 1. The molecule has 1 unspecified atom stereocenters. The fraction of sp³-hybridized carbons (Fsp3) is 0.500. The zero-order valence-corrected chi connectivity index (χ0v) is 11.9. The Labute approximate surface area is 116 Å². The second-order valence-corrected chi connectivity index (χ2v) is 5.77. The number of nitrogens with zero attached hydrogens (tertiary/aromatic N) is 1. The van der Waals surface area contributed by atoms with Crippen LogP contribution in [0.1, 0.15) is 30.7 Å². The van der Waals surface area contributed by atoms with E-state index in [1.54, 1.807) is 0 Å². The normalized spacial score (nSPS) is 17.8. The summed E-state index contributed by atoms with van der Waals surface area (Å²) < 4.78 is 1.01. The Morgan fingerprint density at radius 1 is 1.39 bits per heavy atom. The van der Waals surface area contributed by atoms with Gasteiger partial charge in [-0.1, -0.05) is 28.1 Å². The van der Waals surface area contributed by atoms with Gasteiger partial charge in [0, 0.05) is 16.9 Å². The van der Waals surface area contributed by atoms with Crippen molar-refractivity contribution in [2.45, 2.75) is 25.2 Å². The molecule has 4 heteroatoms. The van der Waals surface area contributed by atoms with E-state index in [-0.39, 0.29) is 12.3 Å². The van der Waals surface area contributed by atoms with Crippen LogP contribution in [-0.4, -0.2) is 35.6 Å². The van der Waals surface area contributed by atoms with Gasteiger partial charge in [0.2, 0.25) is 0 Å². The summed E-state index contributed by atoms with van der Waals surface area (Å²) >= 11 is 3.45. The highest BCUT2D eigenvalue weighted by Crippen LogP contribution is 2.25. The lowest BCUT2D eigenvalue weighted by Gasteiger charge is -2.22. The molecule has 18 heavy (non-hydrogen) atoms. The molecule has 1 aromatic carbocycles. The number of hydrogen-bond acceptors (Lipinski definition) is 2. The van der Waals surface area contributed by atoms with E-state index in [1.165, 1.54) is 12.8 Å². The SMILES string of the molecule is O=C(O)CC(CN1CCCC1)c1cccc(Br)c1. The van der Waals surface area contributed by atoms with Gasteiger partial charge in [0.25, 0.3) is 0 Å². The summed E-state index contributed by atoms with van der Waals surface area (Å²) in [5.74, 6) is -0.641. The first-order valence-electron chi connectivity index (χ1n) is 6.35. The summed E-state index contributed by atoms with van der Waals surface area (Å²) in [6.07, 6.45) is 2.67. The highest BCUT2D eigenvalue weighted by Gasteiger charge is 2.21. The third-order valence-corrected chi connectivity index (χ3v) is 3.91. The molecule has 0 aromatic heterocycles. The van der Waals surface area contributed by atoms with Gasteiger partial charge in [-0.2, -0.15) is 0 Å². The second-order valence-electron chi connectivity index (χ2n) is 4.86. The number of carbonyl (C=O) groups is 1.